The summed E-state index contributed by atoms with van der Waals surface area (Å²) in [7, 11) is 0. The molecular formula is C50H98O3. The summed E-state index contributed by atoms with van der Waals surface area (Å²) in [4.78, 5) is 24.1. The summed E-state index contributed by atoms with van der Waals surface area (Å²) in [6.07, 6.45) is 60.7. The highest BCUT2D eigenvalue weighted by atomic mass is 16.6. The molecule has 0 bridgehead atoms. The molecular weight excluding hydrogens is 649 g/mol. The molecule has 0 radical (unpaired) electrons. The fraction of sp³-hybridized carbons (Fsp3) is 0.960. The third-order valence-corrected chi connectivity index (χ3v) is 11.7. The minimum Gasteiger partial charge on any atom is -0.393 e. The first kappa shape index (κ1) is 52.1. The van der Waals surface area contributed by atoms with Crippen molar-refractivity contribution in [2.75, 3.05) is 0 Å². The van der Waals surface area contributed by atoms with E-state index in [0.29, 0.717) is 12.8 Å². The molecule has 3 nitrogen and oxygen atoms in total. The predicted molar refractivity (Wildman–Crippen MR) is 235 cm³/mol. The van der Waals surface area contributed by atoms with Gasteiger partial charge in [0.25, 0.3) is 0 Å². The average Bonchev–Trinajstić information content (AvgIpc) is 3.15. The lowest BCUT2D eigenvalue weighted by Crippen LogP contribution is -2.11. The van der Waals surface area contributed by atoms with Crippen molar-refractivity contribution in [2.24, 2.45) is 0 Å². The SMILES string of the molecule is CCCCCCCCCCCCCCCCCCCCCCCCCC(=O)OC(=O)CCCCCCCCCCCCCCCCCCCCCCC. The zero-order valence-corrected chi connectivity index (χ0v) is 36.8. The third-order valence-electron chi connectivity index (χ3n) is 11.7. The second kappa shape index (κ2) is 47.3. The zero-order valence-electron chi connectivity index (χ0n) is 36.8. The molecule has 0 aliphatic rings. The summed E-state index contributed by atoms with van der Waals surface area (Å²) < 4.78 is 5.07. The van der Waals surface area contributed by atoms with Gasteiger partial charge in [-0.1, -0.05) is 284 Å². The number of carbonyl (C=O) groups excluding carboxylic acids is 2. The van der Waals surface area contributed by atoms with E-state index in [4.69, 9.17) is 4.74 Å². The van der Waals surface area contributed by atoms with E-state index in [9.17, 15) is 9.59 Å². The fourth-order valence-electron chi connectivity index (χ4n) is 7.99. The van der Waals surface area contributed by atoms with Crippen LogP contribution >= 0.6 is 0 Å². The van der Waals surface area contributed by atoms with Gasteiger partial charge in [-0.3, -0.25) is 9.59 Å². The number of carbonyl (C=O) groups is 2. The number of ether oxygens (including phenoxy) is 1. The summed E-state index contributed by atoms with van der Waals surface area (Å²) in [5, 5.41) is 0. The number of rotatable bonds is 46. The van der Waals surface area contributed by atoms with E-state index in [1.165, 1.54) is 257 Å². The number of hydrogen-bond acceptors (Lipinski definition) is 3. The van der Waals surface area contributed by atoms with Crippen LogP contribution in [0.3, 0.4) is 0 Å². The van der Waals surface area contributed by atoms with Crippen molar-refractivity contribution in [3.63, 3.8) is 0 Å². The van der Waals surface area contributed by atoms with Crippen molar-refractivity contribution < 1.29 is 14.3 Å². The molecule has 0 N–H and O–H groups in total. The van der Waals surface area contributed by atoms with E-state index >= 15 is 0 Å². The van der Waals surface area contributed by atoms with E-state index in [1.54, 1.807) is 0 Å². The molecule has 0 heterocycles. The van der Waals surface area contributed by atoms with Crippen molar-refractivity contribution in [2.45, 2.75) is 309 Å². The first-order chi connectivity index (χ1) is 26.2. The highest BCUT2D eigenvalue weighted by molar-refractivity contribution is 5.85. The Morgan fingerprint density at radius 1 is 0.226 bits per heavy atom. The highest BCUT2D eigenvalue weighted by Crippen LogP contribution is 2.18. The molecule has 316 valence electrons. The molecule has 0 unspecified atom stereocenters. The molecule has 0 amide bonds. The van der Waals surface area contributed by atoms with Crippen LogP contribution in [0.4, 0.5) is 0 Å². The van der Waals surface area contributed by atoms with Gasteiger partial charge in [0.2, 0.25) is 0 Å². The lowest BCUT2D eigenvalue weighted by Gasteiger charge is -2.05. The number of unbranched alkanes of at least 4 members (excludes halogenated alkanes) is 42. The average molecular weight is 747 g/mol. The van der Waals surface area contributed by atoms with Gasteiger partial charge in [0.15, 0.2) is 0 Å². The van der Waals surface area contributed by atoms with Crippen LogP contribution in [-0.2, 0) is 14.3 Å². The van der Waals surface area contributed by atoms with Gasteiger partial charge in [0.05, 0.1) is 0 Å². The van der Waals surface area contributed by atoms with Gasteiger partial charge in [0.1, 0.15) is 0 Å². The molecule has 0 fully saturated rings. The normalized spacial score (nSPS) is 11.4. The Hall–Kier alpha value is -0.860. The summed E-state index contributed by atoms with van der Waals surface area (Å²) in [5.74, 6) is -0.635. The number of esters is 2. The van der Waals surface area contributed by atoms with Crippen LogP contribution in [0, 0.1) is 0 Å². The lowest BCUT2D eigenvalue weighted by molar-refractivity contribution is -0.159. The van der Waals surface area contributed by atoms with Crippen molar-refractivity contribution in [3.8, 4) is 0 Å². The van der Waals surface area contributed by atoms with Crippen molar-refractivity contribution in [1.29, 1.82) is 0 Å². The fourth-order valence-corrected chi connectivity index (χ4v) is 7.99. The topological polar surface area (TPSA) is 43.4 Å². The minimum absolute atomic E-state index is 0.318. The highest BCUT2D eigenvalue weighted by Gasteiger charge is 2.10. The Morgan fingerprint density at radius 2 is 0.358 bits per heavy atom. The molecule has 0 atom stereocenters. The third kappa shape index (κ3) is 47.2. The molecule has 0 saturated carbocycles. The molecule has 0 saturated heterocycles. The first-order valence-corrected chi connectivity index (χ1v) is 24.9. The van der Waals surface area contributed by atoms with E-state index in [1.807, 2.05) is 0 Å². The molecule has 0 aromatic carbocycles. The minimum atomic E-state index is -0.318. The van der Waals surface area contributed by atoms with E-state index < -0.39 is 0 Å². The Balaban J connectivity index is 3.24. The Bertz CT molecular complexity index is 703. The van der Waals surface area contributed by atoms with Crippen LogP contribution < -0.4 is 0 Å². The van der Waals surface area contributed by atoms with Crippen LogP contribution in [0.15, 0.2) is 0 Å². The maximum Gasteiger partial charge on any atom is 0.313 e. The van der Waals surface area contributed by atoms with Gasteiger partial charge in [-0.05, 0) is 12.8 Å². The summed E-state index contributed by atoms with van der Waals surface area (Å²) >= 11 is 0. The summed E-state index contributed by atoms with van der Waals surface area (Å²) in [5.41, 5.74) is 0. The summed E-state index contributed by atoms with van der Waals surface area (Å²) in [6.45, 7) is 4.59. The number of hydrogen-bond donors (Lipinski definition) is 0. The lowest BCUT2D eigenvalue weighted by atomic mass is 10.0. The van der Waals surface area contributed by atoms with Gasteiger partial charge < -0.3 is 4.74 Å². The molecule has 0 aliphatic carbocycles. The van der Waals surface area contributed by atoms with Gasteiger partial charge in [-0.15, -0.1) is 0 Å². The molecule has 53 heavy (non-hydrogen) atoms. The zero-order chi connectivity index (χ0) is 38.4. The molecule has 0 aromatic rings. The van der Waals surface area contributed by atoms with E-state index in [-0.39, 0.29) is 11.9 Å². The van der Waals surface area contributed by atoms with Crippen molar-refractivity contribution in [1.82, 2.24) is 0 Å². The maximum absolute atomic E-state index is 12.0. The van der Waals surface area contributed by atoms with Crippen LogP contribution in [-0.4, -0.2) is 11.9 Å². The largest absolute Gasteiger partial charge is 0.393 e. The Labute approximate surface area is 334 Å². The first-order valence-electron chi connectivity index (χ1n) is 24.9. The second-order valence-electron chi connectivity index (χ2n) is 17.2. The van der Waals surface area contributed by atoms with E-state index in [0.717, 1.165) is 25.7 Å². The molecule has 0 aromatic heterocycles. The van der Waals surface area contributed by atoms with Gasteiger partial charge in [-0.25, -0.2) is 0 Å². The molecule has 0 spiro atoms. The van der Waals surface area contributed by atoms with Crippen LogP contribution in [0.5, 0.6) is 0 Å². The Kier molecular flexibility index (Phi) is 46.5. The van der Waals surface area contributed by atoms with E-state index in [2.05, 4.69) is 13.8 Å². The van der Waals surface area contributed by atoms with Crippen LogP contribution in [0.25, 0.3) is 0 Å². The van der Waals surface area contributed by atoms with Crippen molar-refractivity contribution in [3.05, 3.63) is 0 Å². The maximum atomic E-state index is 12.0. The smallest absolute Gasteiger partial charge is 0.313 e. The van der Waals surface area contributed by atoms with Crippen molar-refractivity contribution >= 4 is 11.9 Å². The monoisotopic (exact) mass is 747 g/mol. The predicted octanol–water partition coefficient (Wildman–Crippen LogP) is 18.0. The standard InChI is InChI=1S/C50H98O3/c1-3-5-7-9-11-13-15-17-19-21-23-25-26-28-30-32-34-36-38-40-42-44-46-48-50(52)53-49(51)47-45-43-41-39-37-35-33-31-29-27-24-22-20-18-16-14-12-10-8-6-4-2/h3-48H2,1-2H3. The van der Waals surface area contributed by atoms with Crippen LogP contribution in [0.2, 0.25) is 0 Å². The molecule has 3 heteroatoms. The van der Waals surface area contributed by atoms with Crippen LogP contribution in [0.1, 0.15) is 309 Å². The van der Waals surface area contributed by atoms with Gasteiger partial charge in [0, 0.05) is 12.8 Å². The van der Waals surface area contributed by atoms with Gasteiger partial charge >= 0.3 is 11.9 Å². The Morgan fingerprint density at radius 3 is 0.509 bits per heavy atom. The summed E-state index contributed by atoms with van der Waals surface area (Å²) in [6, 6.07) is 0. The molecule has 0 rings (SSSR count). The second-order valence-corrected chi connectivity index (χ2v) is 17.2. The quantitative estimate of drug-likeness (QED) is 0.0354. The molecule has 0 aliphatic heterocycles. The van der Waals surface area contributed by atoms with Gasteiger partial charge in [-0.2, -0.15) is 0 Å².